The molecule has 2 saturated carbocycles. The molecule has 7 heteroatoms. The molecular weight excluding hydrogens is 520 g/mol. The Morgan fingerprint density at radius 1 is 1.00 bits per heavy atom. The lowest BCUT2D eigenvalue weighted by molar-refractivity contribution is -0.262. The lowest BCUT2D eigenvalue weighted by Gasteiger charge is -2.62. The molecule has 0 bridgehead atoms. The highest BCUT2D eigenvalue weighted by molar-refractivity contribution is 5.92. The summed E-state index contributed by atoms with van der Waals surface area (Å²) < 4.78 is 18.7. The number of carbonyl (C=O) groups is 3. The van der Waals surface area contributed by atoms with Gasteiger partial charge in [0.1, 0.15) is 12.5 Å². The smallest absolute Gasteiger partial charge is 0.336 e. The summed E-state index contributed by atoms with van der Waals surface area (Å²) in [5.41, 5.74) is 4.77. The summed E-state index contributed by atoms with van der Waals surface area (Å²) in [6.45, 7) is 18.1. The molecule has 2 aliphatic heterocycles. The van der Waals surface area contributed by atoms with Gasteiger partial charge in [-0.25, -0.2) is 4.79 Å². The minimum absolute atomic E-state index is 0.00785. The highest BCUT2D eigenvalue weighted by Crippen LogP contribution is 2.74. The number of aliphatic carboxylic acids is 1. The van der Waals surface area contributed by atoms with E-state index in [1.54, 1.807) is 11.1 Å². The summed E-state index contributed by atoms with van der Waals surface area (Å²) in [6, 6.07) is 0. The molecule has 0 amide bonds. The predicted molar refractivity (Wildman–Crippen MR) is 152 cm³/mol. The molecule has 1 spiro atoms. The van der Waals surface area contributed by atoms with Gasteiger partial charge < -0.3 is 19.3 Å². The highest BCUT2D eigenvalue weighted by atomic mass is 16.7. The van der Waals surface area contributed by atoms with Crippen LogP contribution in [0.1, 0.15) is 113 Å². The number of allylic oxidation sites excluding steroid dienone is 2. The van der Waals surface area contributed by atoms with Crippen LogP contribution in [0.2, 0.25) is 0 Å². The number of esters is 2. The van der Waals surface area contributed by atoms with Gasteiger partial charge in [0.25, 0.3) is 0 Å². The largest absolute Gasteiger partial charge is 0.481 e. The van der Waals surface area contributed by atoms with Crippen LogP contribution < -0.4 is 0 Å². The molecule has 1 unspecified atom stereocenters. The quantitative estimate of drug-likeness (QED) is 0.228. The van der Waals surface area contributed by atoms with Gasteiger partial charge in [0.15, 0.2) is 0 Å². The Bertz CT molecular complexity index is 1280. The molecule has 4 aliphatic carbocycles. The van der Waals surface area contributed by atoms with E-state index in [0.717, 1.165) is 56.9 Å². The van der Waals surface area contributed by atoms with Crippen molar-refractivity contribution in [1.82, 2.24) is 0 Å². The second-order valence-corrected chi connectivity index (χ2v) is 15.6. The average Bonchev–Trinajstić information content (AvgIpc) is 3.22. The summed E-state index contributed by atoms with van der Waals surface area (Å²) in [5, 5.41) is 9.07. The van der Waals surface area contributed by atoms with Crippen LogP contribution in [-0.2, 0) is 28.6 Å². The van der Waals surface area contributed by atoms with Gasteiger partial charge in [-0.3, -0.25) is 9.59 Å². The third kappa shape index (κ3) is 3.75. The molecule has 9 atom stereocenters. The zero-order valence-electron chi connectivity index (χ0n) is 26.1. The second-order valence-electron chi connectivity index (χ2n) is 15.6. The maximum absolute atomic E-state index is 12.6. The van der Waals surface area contributed by atoms with E-state index in [-0.39, 0.29) is 39.8 Å². The minimum atomic E-state index is -1.15. The fraction of sp³-hybridized carbons (Fsp3) is 0.794. The zero-order valence-corrected chi connectivity index (χ0v) is 26.1. The molecule has 41 heavy (non-hydrogen) atoms. The normalized spacial score (nSPS) is 46.4. The van der Waals surface area contributed by atoms with E-state index >= 15 is 0 Å². The van der Waals surface area contributed by atoms with Crippen molar-refractivity contribution in [1.29, 1.82) is 0 Å². The lowest BCUT2D eigenvalue weighted by atomic mass is 9.43. The number of ether oxygens (including phenoxy) is 3. The Labute approximate surface area is 244 Å². The SMILES string of the molecule is CC1=C(C)C2(C[C@@H](C)[C@H]3[C@@H](C[C@@]4(C)C5=C(CC[C@]34C)[C@@]3(C)CC[C@@H](OC(=O)CC(=O)O)C(C)(C)[C@@H]3CC5)O2)OC1=O. The number of rotatable bonds is 3. The maximum Gasteiger partial charge on any atom is 0.336 e. The Kier molecular flexibility index (Phi) is 6.31. The van der Waals surface area contributed by atoms with Crippen molar-refractivity contribution in [3.8, 4) is 0 Å². The predicted octanol–water partition coefficient (Wildman–Crippen LogP) is 6.75. The molecule has 0 aromatic carbocycles. The molecule has 226 valence electrons. The monoisotopic (exact) mass is 568 g/mol. The first-order chi connectivity index (χ1) is 19.0. The van der Waals surface area contributed by atoms with Crippen LogP contribution in [0.3, 0.4) is 0 Å². The average molecular weight is 569 g/mol. The van der Waals surface area contributed by atoms with Crippen molar-refractivity contribution in [3.05, 3.63) is 22.3 Å². The molecule has 6 rings (SSSR count). The first kappa shape index (κ1) is 28.9. The fourth-order valence-corrected chi connectivity index (χ4v) is 11.3. The number of carboxylic acids is 1. The number of carbonyl (C=O) groups excluding carboxylic acids is 2. The molecule has 6 aliphatic rings. The van der Waals surface area contributed by atoms with Crippen LogP contribution in [0.4, 0.5) is 0 Å². The van der Waals surface area contributed by atoms with Crippen molar-refractivity contribution < 1.29 is 33.7 Å². The van der Waals surface area contributed by atoms with Crippen LogP contribution >= 0.6 is 0 Å². The van der Waals surface area contributed by atoms with Gasteiger partial charge in [-0.15, -0.1) is 0 Å². The number of carboxylic acid groups (broad SMARTS) is 1. The molecular formula is C34H48O7. The van der Waals surface area contributed by atoms with E-state index in [4.69, 9.17) is 19.3 Å². The van der Waals surface area contributed by atoms with Gasteiger partial charge in [0, 0.05) is 23.0 Å². The third-order valence-electron chi connectivity index (χ3n) is 13.5. The molecule has 2 heterocycles. The molecule has 0 aromatic heterocycles. The van der Waals surface area contributed by atoms with Crippen LogP contribution in [0.15, 0.2) is 22.3 Å². The van der Waals surface area contributed by atoms with E-state index in [2.05, 4.69) is 41.5 Å². The summed E-state index contributed by atoms with van der Waals surface area (Å²) >= 11 is 0. The Balaban J connectivity index is 1.32. The number of hydrogen-bond donors (Lipinski definition) is 1. The standard InChI is InChI=1S/C34H48O7/c1-18-16-34(20(3)19(2)29(38)41-34)40-23-17-33(8)22-9-10-24-30(4,5)25(39-27(37)15-26(35)36)12-13-31(24,6)21(22)11-14-32(33,7)28(18)23/h18,23-25,28H,9-17H2,1-8H3,(H,35,36)/t18-,23-,24+,25-,28+,31-,32-,33+,34?/m1/s1. The van der Waals surface area contributed by atoms with Crippen molar-refractivity contribution in [2.45, 2.75) is 131 Å². The van der Waals surface area contributed by atoms with Crippen molar-refractivity contribution in [2.24, 2.45) is 39.4 Å². The van der Waals surface area contributed by atoms with Gasteiger partial charge in [-0.2, -0.15) is 0 Å². The highest BCUT2D eigenvalue weighted by Gasteiger charge is 2.69. The van der Waals surface area contributed by atoms with E-state index in [0.29, 0.717) is 23.3 Å². The van der Waals surface area contributed by atoms with Gasteiger partial charge in [0.2, 0.25) is 5.79 Å². The third-order valence-corrected chi connectivity index (χ3v) is 13.5. The zero-order chi connectivity index (χ0) is 29.9. The Morgan fingerprint density at radius 3 is 2.34 bits per heavy atom. The Hall–Kier alpha value is -2.15. The van der Waals surface area contributed by atoms with Gasteiger partial charge >= 0.3 is 17.9 Å². The molecule has 7 nitrogen and oxygen atoms in total. The summed E-state index contributed by atoms with van der Waals surface area (Å²) in [4.78, 5) is 36.0. The number of fused-ring (bicyclic) bond motifs is 6. The topological polar surface area (TPSA) is 99.1 Å². The summed E-state index contributed by atoms with van der Waals surface area (Å²) in [5.74, 6) is -1.80. The van der Waals surface area contributed by atoms with Crippen LogP contribution in [0.5, 0.6) is 0 Å². The first-order valence-corrected chi connectivity index (χ1v) is 15.7. The van der Waals surface area contributed by atoms with E-state index in [1.165, 1.54) is 0 Å². The van der Waals surface area contributed by atoms with E-state index in [1.807, 2.05) is 13.8 Å². The fourth-order valence-electron chi connectivity index (χ4n) is 11.3. The first-order valence-electron chi connectivity index (χ1n) is 15.7. The molecule has 0 aromatic rings. The van der Waals surface area contributed by atoms with Crippen molar-refractivity contribution in [2.75, 3.05) is 0 Å². The second kappa shape index (κ2) is 8.93. The number of hydrogen-bond acceptors (Lipinski definition) is 6. The maximum atomic E-state index is 12.6. The molecule has 1 N–H and O–H groups in total. The van der Waals surface area contributed by atoms with Crippen molar-refractivity contribution >= 4 is 17.9 Å². The lowest BCUT2D eigenvalue weighted by Crippen LogP contribution is -2.56. The molecule has 0 radical (unpaired) electrons. The van der Waals surface area contributed by atoms with Crippen LogP contribution in [-0.4, -0.2) is 41.0 Å². The van der Waals surface area contributed by atoms with Crippen molar-refractivity contribution in [3.63, 3.8) is 0 Å². The molecule has 1 saturated heterocycles. The van der Waals surface area contributed by atoms with Crippen LogP contribution in [0.25, 0.3) is 0 Å². The Morgan fingerprint density at radius 2 is 1.71 bits per heavy atom. The van der Waals surface area contributed by atoms with Crippen LogP contribution in [0, 0.1) is 39.4 Å². The minimum Gasteiger partial charge on any atom is -0.481 e. The van der Waals surface area contributed by atoms with Gasteiger partial charge in [-0.05, 0) is 92.8 Å². The van der Waals surface area contributed by atoms with Gasteiger partial charge in [0.05, 0.1) is 6.10 Å². The van der Waals surface area contributed by atoms with E-state index in [9.17, 15) is 14.4 Å². The summed E-state index contributed by atoms with van der Waals surface area (Å²) in [6.07, 6.45) is 6.83. The summed E-state index contributed by atoms with van der Waals surface area (Å²) in [7, 11) is 0. The van der Waals surface area contributed by atoms with E-state index < -0.39 is 24.1 Å². The molecule has 3 fully saturated rings. The van der Waals surface area contributed by atoms with Gasteiger partial charge in [-0.1, -0.05) is 52.7 Å².